The summed E-state index contributed by atoms with van der Waals surface area (Å²) in [5.41, 5.74) is 0.111. The summed E-state index contributed by atoms with van der Waals surface area (Å²) in [6, 6.07) is 2.99. The van der Waals surface area contributed by atoms with Crippen LogP contribution in [-0.2, 0) is 0 Å². The van der Waals surface area contributed by atoms with Gasteiger partial charge in [-0.05, 0) is 12.1 Å². The lowest BCUT2D eigenvalue weighted by Crippen LogP contribution is -2.27. The van der Waals surface area contributed by atoms with Crippen molar-refractivity contribution in [3.63, 3.8) is 0 Å². The molecule has 0 saturated carbocycles. The second-order valence-corrected chi connectivity index (χ2v) is 1.99. The van der Waals surface area contributed by atoms with Crippen LogP contribution in [0.5, 0.6) is 0 Å². The van der Waals surface area contributed by atoms with Crippen LogP contribution in [0.25, 0.3) is 0 Å². The van der Waals surface area contributed by atoms with Crippen molar-refractivity contribution >= 4 is 25.4 Å². The van der Waals surface area contributed by atoms with E-state index in [1.54, 1.807) is 0 Å². The highest BCUT2D eigenvalue weighted by Crippen LogP contribution is 2.02. The summed E-state index contributed by atoms with van der Waals surface area (Å²) >= 11 is 3.81. The van der Waals surface area contributed by atoms with Gasteiger partial charge in [-0.1, -0.05) is 0 Å². The van der Waals surface area contributed by atoms with Crippen LogP contribution >= 0.6 is 12.6 Å². The van der Waals surface area contributed by atoms with Crippen LogP contribution in [-0.4, -0.2) is 17.2 Å². The molecule has 0 aliphatic heterocycles. The highest BCUT2D eigenvalue weighted by Gasteiger charge is 2.14. The molecule has 0 aromatic carbocycles. The first-order valence-electron chi connectivity index (χ1n) is 2.35. The van der Waals surface area contributed by atoms with Crippen molar-refractivity contribution in [3.05, 3.63) is 12.1 Å². The lowest BCUT2D eigenvalue weighted by Gasteiger charge is -1.88. The third-order valence-corrected chi connectivity index (χ3v) is 1.11. The molecule has 0 bridgehead atoms. The zero-order valence-electron chi connectivity index (χ0n) is 4.48. The molecule has 0 amide bonds. The first-order chi connectivity index (χ1) is 4.20. The maximum atomic E-state index is 8.46. The number of furan rings is 1. The van der Waals surface area contributed by atoms with Gasteiger partial charge in [0.15, 0.2) is 5.09 Å². The van der Waals surface area contributed by atoms with E-state index in [4.69, 9.17) is 14.5 Å². The molecular weight excluding hydrogens is 139 g/mol. The van der Waals surface area contributed by atoms with E-state index in [9.17, 15) is 0 Å². The summed E-state index contributed by atoms with van der Waals surface area (Å²) in [7, 11) is -1.54. The van der Waals surface area contributed by atoms with E-state index < -0.39 is 7.12 Å². The summed E-state index contributed by atoms with van der Waals surface area (Å²) in [5, 5.41) is 17.3. The van der Waals surface area contributed by atoms with Crippen molar-refractivity contribution < 1.29 is 14.5 Å². The van der Waals surface area contributed by atoms with Gasteiger partial charge in [-0.15, -0.1) is 12.6 Å². The Morgan fingerprint density at radius 3 is 2.33 bits per heavy atom. The molecule has 48 valence electrons. The Bertz CT molecular complexity index is 197. The maximum absolute atomic E-state index is 8.46. The Morgan fingerprint density at radius 1 is 1.44 bits per heavy atom. The van der Waals surface area contributed by atoms with Gasteiger partial charge in [-0.25, -0.2) is 0 Å². The molecule has 1 heterocycles. The molecule has 0 atom stereocenters. The zero-order chi connectivity index (χ0) is 6.85. The van der Waals surface area contributed by atoms with Gasteiger partial charge in [0.2, 0.25) is 0 Å². The van der Waals surface area contributed by atoms with Crippen LogP contribution in [0, 0.1) is 0 Å². The molecule has 0 saturated heterocycles. The molecular formula is C4H5BO3S. The monoisotopic (exact) mass is 144 g/mol. The lowest BCUT2D eigenvalue weighted by molar-refractivity contribution is 0.399. The van der Waals surface area contributed by atoms with Gasteiger partial charge in [0, 0.05) is 0 Å². The highest BCUT2D eigenvalue weighted by molar-refractivity contribution is 7.80. The van der Waals surface area contributed by atoms with E-state index in [0.717, 1.165) is 0 Å². The third-order valence-electron chi connectivity index (χ3n) is 0.867. The second-order valence-electron chi connectivity index (χ2n) is 1.55. The standard InChI is InChI=1S/C4H5BO3S/c6-5(7)3-1-2-4(9)8-3/h1-2,6-7,9H. The first-order valence-corrected chi connectivity index (χ1v) is 2.79. The molecule has 0 unspecified atom stereocenters. The fraction of sp³-hybridized carbons (Fsp3) is 0. The number of rotatable bonds is 1. The van der Waals surface area contributed by atoms with Crippen LogP contribution in [0.1, 0.15) is 0 Å². The Hall–Kier alpha value is -0.385. The highest BCUT2D eigenvalue weighted by atomic mass is 32.1. The van der Waals surface area contributed by atoms with Crippen molar-refractivity contribution in [1.29, 1.82) is 0 Å². The molecule has 0 aliphatic rings. The smallest absolute Gasteiger partial charge is 0.459 e. The molecule has 1 rings (SSSR count). The molecule has 0 spiro atoms. The van der Waals surface area contributed by atoms with E-state index in [-0.39, 0.29) is 5.66 Å². The van der Waals surface area contributed by atoms with Gasteiger partial charge in [-0.3, -0.25) is 0 Å². The molecule has 0 fully saturated rings. The predicted octanol–water partition coefficient (Wildman–Crippen LogP) is -0.752. The molecule has 0 radical (unpaired) electrons. The topological polar surface area (TPSA) is 53.6 Å². The SMILES string of the molecule is OB(O)c1ccc(S)o1. The fourth-order valence-electron chi connectivity index (χ4n) is 0.481. The number of hydrogen-bond acceptors (Lipinski definition) is 4. The quantitative estimate of drug-likeness (QED) is 0.359. The fourth-order valence-corrected chi connectivity index (χ4v) is 0.661. The average molecular weight is 144 g/mol. The van der Waals surface area contributed by atoms with Gasteiger partial charge in [0.05, 0.1) is 0 Å². The van der Waals surface area contributed by atoms with Gasteiger partial charge >= 0.3 is 7.12 Å². The molecule has 2 N–H and O–H groups in total. The van der Waals surface area contributed by atoms with E-state index in [0.29, 0.717) is 5.09 Å². The van der Waals surface area contributed by atoms with Crippen LogP contribution in [0.4, 0.5) is 0 Å². The Kier molecular flexibility index (Phi) is 1.85. The van der Waals surface area contributed by atoms with Crippen LogP contribution in [0.2, 0.25) is 0 Å². The molecule has 1 aromatic rings. The van der Waals surface area contributed by atoms with Crippen molar-refractivity contribution in [1.82, 2.24) is 0 Å². The van der Waals surface area contributed by atoms with Crippen molar-refractivity contribution in [2.24, 2.45) is 0 Å². The largest absolute Gasteiger partial charge is 0.526 e. The average Bonchev–Trinajstić information content (AvgIpc) is 2.14. The predicted molar refractivity (Wildman–Crippen MR) is 35.8 cm³/mol. The van der Waals surface area contributed by atoms with Crippen molar-refractivity contribution in [2.45, 2.75) is 5.09 Å². The summed E-state index contributed by atoms with van der Waals surface area (Å²) in [4.78, 5) is 0. The van der Waals surface area contributed by atoms with Gasteiger partial charge in [0.1, 0.15) is 5.66 Å². The Balaban J connectivity index is 2.85. The van der Waals surface area contributed by atoms with E-state index in [1.165, 1.54) is 12.1 Å². The van der Waals surface area contributed by atoms with Crippen molar-refractivity contribution in [2.75, 3.05) is 0 Å². The van der Waals surface area contributed by atoms with E-state index in [2.05, 4.69) is 12.6 Å². The van der Waals surface area contributed by atoms with E-state index >= 15 is 0 Å². The van der Waals surface area contributed by atoms with E-state index in [1.807, 2.05) is 0 Å². The Labute approximate surface area is 57.9 Å². The summed E-state index contributed by atoms with van der Waals surface area (Å²) in [6.07, 6.45) is 0. The molecule has 1 aromatic heterocycles. The zero-order valence-corrected chi connectivity index (χ0v) is 5.38. The third kappa shape index (κ3) is 1.51. The lowest BCUT2D eigenvalue weighted by atomic mass is 9.88. The minimum Gasteiger partial charge on any atom is -0.459 e. The molecule has 0 aliphatic carbocycles. The van der Waals surface area contributed by atoms with Gasteiger partial charge in [0.25, 0.3) is 0 Å². The Morgan fingerprint density at radius 2 is 2.11 bits per heavy atom. The summed E-state index contributed by atoms with van der Waals surface area (Å²) in [5.74, 6) is 0. The van der Waals surface area contributed by atoms with Crippen LogP contribution < -0.4 is 5.66 Å². The van der Waals surface area contributed by atoms with Crippen molar-refractivity contribution in [3.8, 4) is 0 Å². The van der Waals surface area contributed by atoms with Gasteiger partial charge in [-0.2, -0.15) is 0 Å². The second kappa shape index (κ2) is 2.47. The number of thiol groups is 1. The maximum Gasteiger partial charge on any atom is 0.526 e. The summed E-state index contributed by atoms with van der Waals surface area (Å²) < 4.78 is 4.71. The normalized spacial score (nSPS) is 9.67. The first kappa shape index (κ1) is 6.73. The molecule has 3 nitrogen and oxygen atoms in total. The minimum atomic E-state index is -1.54. The molecule has 5 heteroatoms. The van der Waals surface area contributed by atoms with Gasteiger partial charge < -0.3 is 14.5 Å². The summed E-state index contributed by atoms with van der Waals surface area (Å²) in [6.45, 7) is 0. The van der Waals surface area contributed by atoms with Crippen LogP contribution in [0.15, 0.2) is 21.6 Å². The van der Waals surface area contributed by atoms with Crippen LogP contribution in [0.3, 0.4) is 0 Å². The molecule has 9 heavy (non-hydrogen) atoms. The minimum absolute atomic E-state index is 0.111. The number of hydrogen-bond donors (Lipinski definition) is 3.